The molecule has 0 aliphatic rings. The highest BCUT2D eigenvalue weighted by molar-refractivity contribution is 5.84. The average Bonchev–Trinajstić information content (AvgIpc) is 2.31. The van der Waals surface area contributed by atoms with Crippen LogP contribution in [0.15, 0.2) is 23.3 Å². The summed E-state index contributed by atoms with van der Waals surface area (Å²) in [7, 11) is 1.44. The van der Waals surface area contributed by atoms with Gasteiger partial charge in [-0.05, 0) is 30.7 Å². The largest absolute Gasteiger partial charge is 0.504 e. The summed E-state index contributed by atoms with van der Waals surface area (Å²) in [5.74, 6) is -0.250. The maximum Gasteiger partial charge on any atom is 0.268 e. The summed E-state index contributed by atoms with van der Waals surface area (Å²) >= 11 is 0. The molecule has 0 bridgehead atoms. The van der Waals surface area contributed by atoms with E-state index in [0.29, 0.717) is 11.3 Å². The first-order valence-electron chi connectivity index (χ1n) is 4.92. The Hall–Kier alpha value is -2.08. The zero-order chi connectivity index (χ0) is 12.8. The highest BCUT2D eigenvalue weighted by Crippen LogP contribution is 2.25. The molecule has 17 heavy (non-hydrogen) atoms. The Balaban J connectivity index is 2.69. The van der Waals surface area contributed by atoms with Crippen molar-refractivity contribution in [3.8, 4) is 11.5 Å². The van der Waals surface area contributed by atoms with Crippen molar-refractivity contribution in [1.82, 2.24) is 5.43 Å². The topological polar surface area (TPSA) is 91.2 Å². The maximum atomic E-state index is 11.0. The monoisotopic (exact) mass is 238 g/mol. The molecule has 0 aromatic heterocycles. The van der Waals surface area contributed by atoms with Gasteiger partial charge in [0.05, 0.1) is 13.3 Å². The van der Waals surface area contributed by atoms with Crippen LogP contribution in [0, 0.1) is 0 Å². The van der Waals surface area contributed by atoms with Gasteiger partial charge in [0.2, 0.25) is 0 Å². The van der Waals surface area contributed by atoms with Crippen LogP contribution >= 0.6 is 0 Å². The first-order chi connectivity index (χ1) is 8.04. The molecule has 0 aliphatic carbocycles. The number of benzene rings is 1. The fourth-order valence-corrected chi connectivity index (χ4v) is 1.04. The van der Waals surface area contributed by atoms with Crippen LogP contribution in [0.4, 0.5) is 0 Å². The lowest BCUT2D eigenvalue weighted by Gasteiger charge is -2.04. The number of methoxy groups -OCH3 is 1. The Morgan fingerprint density at radius 3 is 2.88 bits per heavy atom. The molecule has 0 unspecified atom stereocenters. The molecular formula is C11H14N2O4. The van der Waals surface area contributed by atoms with Crippen molar-refractivity contribution in [2.75, 3.05) is 7.11 Å². The van der Waals surface area contributed by atoms with E-state index in [1.54, 1.807) is 12.1 Å². The number of aliphatic hydroxyl groups is 1. The van der Waals surface area contributed by atoms with Crippen molar-refractivity contribution in [3.05, 3.63) is 23.8 Å². The molecule has 1 amide bonds. The maximum absolute atomic E-state index is 11.0. The number of carbonyl (C=O) groups excluding carboxylic acids is 1. The summed E-state index contributed by atoms with van der Waals surface area (Å²) in [6, 6.07) is 4.62. The normalized spacial score (nSPS) is 12.4. The van der Waals surface area contributed by atoms with Crippen LogP contribution in [0.3, 0.4) is 0 Å². The number of phenolic OH excluding ortho intramolecular Hbond substituents is 1. The van der Waals surface area contributed by atoms with Crippen LogP contribution in [0.25, 0.3) is 0 Å². The van der Waals surface area contributed by atoms with Gasteiger partial charge in [-0.15, -0.1) is 0 Å². The Morgan fingerprint density at radius 2 is 2.29 bits per heavy atom. The van der Waals surface area contributed by atoms with Gasteiger partial charge >= 0.3 is 0 Å². The molecule has 1 aromatic rings. The summed E-state index contributed by atoms with van der Waals surface area (Å²) < 4.78 is 4.91. The average molecular weight is 238 g/mol. The predicted molar refractivity (Wildman–Crippen MR) is 62.1 cm³/mol. The molecule has 1 aromatic carbocycles. The van der Waals surface area contributed by atoms with E-state index in [0.717, 1.165) is 0 Å². The van der Waals surface area contributed by atoms with Gasteiger partial charge in [-0.25, -0.2) is 5.43 Å². The van der Waals surface area contributed by atoms with Gasteiger partial charge in [-0.1, -0.05) is 0 Å². The van der Waals surface area contributed by atoms with Crippen LogP contribution in [0.1, 0.15) is 12.5 Å². The van der Waals surface area contributed by atoms with E-state index in [4.69, 9.17) is 9.84 Å². The van der Waals surface area contributed by atoms with Crippen molar-refractivity contribution >= 4 is 12.1 Å². The summed E-state index contributed by atoms with van der Waals surface area (Å²) in [6.07, 6.45) is 0.268. The number of carbonyl (C=O) groups is 1. The molecule has 0 saturated heterocycles. The number of aliphatic hydroxyl groups excluding tert-OH is 1. The van der Waals surface area contributed by atoms with Crippen LogP contribution in [-0.4, -0.2) is 35.5 Å². The van der Waals surface area contributed by atoms with E-state index < -0.39 is 12.0 Å². The highest BCUT2D eigenvalue weighted by atomic mass is 16.5. The number of nitrogens with one attached hydrogen (secondary N) is 1. The molecule has 0 spiro atoms. The highest BCUT2D eigenvalue weighted by Gasteiger charge is 2.06. The van der Waals surface area contributed by atoms with Crippen LogP contribution in [-0.2, 0) is 4.79 Å². The quantitative estimate of drug-likeness (QED) is 0.517. The first kappa shape index (κ1) is 13.0. The van der Waals surface area contributed by atoms with Gasteiger partial charge in [0, 0.05) is 0 Å². The standard InChI is InChI=1S/C11H14N2O4/c1-7(14)11(16)13-12-6-8-3-4-9(15)10(5-8)17-2/h3-7,14-15H,1-2H3,(H,13,16)/b12-6-/t7-/m0/s1. The summed E-state index contributed by atoms with van der Waals surface area (Å²) in [6.45, 7) is 1.34. The lowest BCUT2D eigenvalue weighted by molar-refractivity contribution is -0.128. The third-order valence-electron chi connectivity index (χ3n) is 1.97. The molecule has 0 fully saturated rings. The number of rotatable bonds is 4. The second-order valence-corrected chi connectivity index (χ2v) is 3.34. The van der Waals surface area contributed by atoms with E-state index in [2.05, 4.69) is 10.5 Å². The van der Waals surface area contributed by atoms with Gasteiger partial charge in [-0.3, -0.25) is 4.79 Å². The van der Waals surface area contributed by atoms with Crippen LogP contribution in [0.5, 0.6) is 11.5 Å². The van der Waals surface area contributed by atoms with Crippen LogP contribution in [0.2, 0.25) is 0 Å². The van der Waals surface area contributed by atoms with Gasteiger partial charge < -0.3 is 14.9 Å². The summed E-state index contributed by atoms with van der Waals surface area (Å²) in [4.78, 5) is 11.0. The molecule has 1 rings (SSSR count). The fourth-order valence-electron chi connectivity index (χ4n) is 1.04. The van der Waals surface area contributed by atoms with Gasteiger partial charge in [0.15, 0.2) is 11.5 Å². The van der Waals surface area contributed by atoms with Crippen LogP contribution < -0.4 is 10.2 Å². The fraction of sp³-hybridized carbons (Fsp3) is 0.273. The summed E-state index contributed by atoms with van der Waals surface area (Å²) in [5.41, 5.74) is 2.80. The number of hydrogen-bond acceptors (Lipinski definition) is 5. The van der Waals surface area contributed by atoms with E-state index >= 15 is 0 Å². The van der Waals surface area contributed by atoms with Gasteiger partial charge in [-0.2, -0.15) is 5.10 Å². The second kappa shape index (κ2) is 5.86. The van der Waals surface area contributed by atoms with Gasteiger partial charge in [0.1, 0.15) is 6.10 Å². The zero-order valence-electron chi connectivity index (χ0n) is 9.54. The van der Waals surface area contributed by atoms with Crippen molar-refractivity contribution in [2.45, 2.75) is 13.0 Å². The third kappa shape index (κ3) is 3.76. The molecular weight excluding hydrogens is 224 g/mol. The zero-order valence-corrected chi connectivity index (χ0v) is 9.54. The molecule has 1 atom stereocenters. The number of ether oxygens (including phenoxy) is 1. The lowest BCUT2D eigenvalue weighted by atomic mass is 10.2. The molecule has 6 nitrogen and oxygen atoms in total. The van der Waals surface area contributed by atoms with E-state index in [1.165, 1.54) is 26.3 Å². The molecule has 0 saturated carbocycles. The molecule has 92 valence electrons. The Labute approximate surface area is 98.5 Å². The first-order valence-corrected chi connectivity index (χ1v) is 4.92. The lowest BCUT2D eigenvalue weighted by Crippen LogP contribution is -2.28. The van der Waals surface area contributed by atoms with E-state index in [-0.39, 0.29) is 5.75 Å². The Bertz CT molecular complexity index is 429. The Morgan fingerprint density at radius 1 is 1.59 bits per heavy atom. The molecule has 0 heterocycles. The third-order valence-corrected chi connectivity index (χ3v) is 1.97. The molecule has 0 radical (unpaired) electrons. The number of amides is 1. The SMILES string of the molecule is COc1cc(/C=N\NC(=O)[C@H](C)O)ccc1O. The van der Waals surface area contributed by atoms with E-state index in [1.807, 2.05) is 0 Å². The second-order valence-electron chi connectivity index (χ2n) is 3.34. The summed E-state index contributed by atoms with van der Waals surface area (Å²) in [5, 5.41) is 21.9. The number of nitrogens with zero attached hydrogens (tertiary/aromatic N) is 1. The van der Waals surface area contributed by atoms with Crippen molar-refractivity contribution < 1.29 is 19.7 Å². The number of hydrogen-bond donors (Lipinski definition) is 3. The molecule has 6 heteroatoms. The molecule has 3 N–H and O–H groups in total. The van der Waals surface area contributed by atoms with E-state index in [9.17, 15) is 9.90 Å². The van der Waals surface area contributed by atoms with Crippen molar-refractivity contribution in [3.63, 3.8) is 0 Å². The Kier molecular flexibility index (Phi) is 4.47. The van der Waals surface area contributed by atoms with Gasteiger partial charge in [0.25, 0.3) is 5.91 Å². The van der Waals surface area contributed by atoms with Crippen molar-refractivity contribution in [2.24, 2.45) is 5.10 Å². The minimum absolute atomic E-state index is 0.0256. The number of hydrazone groups is 1. The number of phenols is 1. The minimum atomic E-state index is -1.11. The minimum Gasteiger partial charge on any atom is -0.504 e. The predicted octanol–water partition coefficient (Wildman–Crippen LogP) is 0.232. The smallest absolute Gasteiger partial charge is 0.268 e. The number of aromatic hydroxyl groups is 1. The van der Waals surface area contributed by atoms with Crippen molar-refractivity contribution in [1.29, 1.82) is 0 Å². The molecule has 0 aliphatic heterocycles.